The number of sulfonamides is 1. The van der Waals surface area contributed by atoms with Crippen LogP contribution in [0.3, 0.4) is 0 Å². The molecule has 6 heteroatoms. The first-order chi connectivity index (χ1) is 6.76. The molecule has 0 spiro atoms. The van der Waals surface area contributed by atoms with Crippen LogP contribution in [0.1, 0.15) is 25.6 Å². The molecule has 0 aromatic carbocycles. The molecule has 0 saturated heterocycles. The van der Waals surface area contributed by atoms with Crippen molar-refractivity contribution in [2.75, 3.05) is 0 Å². The maximum Gasteiger partial charge on any atom is 0.242 e. The Hall–Kier alpha value is -0.430. The Kier molecular flexibility index (Phi) is 3.55. The Balaban J connectivity index is 3.07. The maximum atomic E-state index is 11.9. The third-order valence-corrected chi connectivity index (χ3v) is 4.46. The van der Waals surface area contributed by atoms with Gasteiger partial charge in [-0.2, -0.15) is 0 Å². The summed E-state index contributed by atoms with van der Waals surface area (Å²) in [6, 6.07) is 1.50. The Bertz CT molecular complexity index is 428. The van der Waals surface area contributed by atoms with Crippen LogP contribution < -0.4 is 4.72 Å². The number of rotatable bonds is 3. The summed E-state index contributed by atoms with van der Waals surface area (Å²) in [5.41, 5.74) is -0.520. The van der Waals surface area contributed by atoms with Crippen molar-refractivity contribution in [3.05, 3.63) is 16.3 Å². The third-order valence-electron chi connectivity index (χ3n) is 1.58. The summed E-state index contributed by atoms with van der Waals surface area (Å²) in [4.78, 5) is 0.636. The highest BCUT2D eigenvalue weighted by Gasteiger charge is 2.24. The summed E-state index contributed by atoms with van der Waals surface area (Å²) in [7, 11) is -3.52. The second-order valence-corrected chi connectivity index (χ2v) is 6.87. The summed E-state index contributed by atoms with van der Waals surface area (Å²) >= 11 is 1.23. The zero-order valence-electron chi connectivity index (χ0n) is 8.94. The van der Waals surface area contributed by atoms with Gasteiger partial charge in [0.25, 0.3) is 0 Å². The Labute approximate surface area is 94.0 Å². The van der Waals surface area contributed by atoms with Crippen molar-refractivity contribution in [3.8, 4) is 0 Å². The molecule has 1 aromatic rings. The molecule has 2 N–H and O–H groups in total. The van der Waals surface area contributed by atoms with Crippen LogP contribution in [0.15, 0.2) is 16.3 Å². The van der Waals surface area contributed by atoms with Crippen molar-refractivity contribution in [2.45, 2.75) is 37.8 Å². The number of aliphatic hydroxyl groups is 1. The molecule has 0 aliphatic heterocycles. The van der Waals surface area contributed by atoms with Crippen LogP contribution in [-0.2, 0) is 16.6 Å². The van der Waals surface area contributed by atoms with Gasteiger partial charge >= 0.3 is 0 Å². The molecular weight excluding hydrogens is 234 g/mol. The second-order valence-electron chi connectivity index (χ2n) is 4.22. The van der Waals surface area contributed by atoms with Crippen LogP contribution in [-0.4, -0.2) is 19.1 Å². The van der Waals surface area contributed by atoms with Gasteiger partial charge in [0.2, 0.25) is 10.0 Å². The van der Waals surface area contributed by atoms with Gasteiger partial charge in [0.05, 0.1) is 11.5 Å². The van der Waals surface area contributed by atoms with E-state index in [4.69, 9.17) is 5.11 Å². The Morgan fingerprint density at radius 3 is 2.53 bits per heavy atom. The van der Waals surface area contributed by atoms with Crippen molar-refractivity contribution in [3.63, 3.8) is 0 Å². The molecule has 1 heterocycles. The predicted octanol–water partition coefficient (Wildman–Crippen LogP) is 1.32. The van der Waals surface area contributed by atoms with E-state index in [1.807, 2.05) is 0 Å². The van der Waals surface area contributed by atoms with Gasteiger partial charge in [0.1, 0.15) is 0 Å². The monoisotopic (exact) mass is 249 g/mol. The zero-order chi connectivity index (χ0) is 11.7. The molecule has 0 unspecified atom stereocenters. The molecule has 0 aliphatic rings. The SMILES string of the molecule is CC(C)(C)NS(=O)(=O)c1ccsc1CO. The molecule has 0 bridgehead atoms. The minimum atomic E-state index is -3.52. The van der Waals surface area contributed by atoms with Crippen LogP contribution in [0.2, 0.25) is 0 Å². The van der Waals surface area contributed by atoms with Crippen LogP contribution in [0, 0.1) is 0 Å². The number of hydrogen-bond donors (Lipinski definition) is 2. The number of thiophene rings is 1. The van der Waals surface area contributed by atoms with E-state index in [0.717, 1.165) is 0 Å². The fraction of sp³-hybridized carbons (Fsp3) is 0.556. The average Bonchev–Trinajstić information content (AvgIpc) is 2.46. The Morgan fingerprint density at radius 1 is 1.47 bits per heavy atom. The zero-order valence-corrected chi connectivity index (χ0v) is 10.6. The molecule has 1 aromatic heterocycles. The first-order valence-electron chi connectivity index (χ1n) is 4.47. The molecule has 0 amide bonds. The van der Waals surface area contributed by atoms with E-state index in [1.165, 1.54) is 17.4 Å². The van der Waals surface area contributed by atoms with Gasteiger partial charge in [0, 0.05) is 10.4 Å². The summed E-state index contributed by atoms with van der Waals surface area (Å²) in [6.45, 7) is 5.07. The second kappa shape index (κ2) is 4.21. The van der Waals surface area contributed by atoms with E-state index in [0.29, 0.717) is 4.88 Å². The lowest BCUT2D eigenvalue weighted by atomic mass is 10.1. The molecule has 0 saturated carbocycles. The van der Waals surface area contributed by atoms with E-state index >= 15 is 0 Å². The lowest BCUT2D eigenvalue weighted by molar-refractivity contribution is 0.282. The van der Waals surface area contributed by atoms with Crippen LogP contribution in [0.25, 0.3) is 0 Å². The summed E-state index contributed by atoms with van der Waals surface area (Å²) in [5, 5.41) is 10.6. The summed E-state index contributed by atoms with van der Waals surface area (Å²) in [5.74, 6) is 0. The third kappa shape index (κ3) is 3.27. The molecule has 15 heavy (non-hydrogen) atoms. The highest BCUT2D eigenvalue weighted by Crippen LogP contribution is 2.22. The van der Waals surface area contributed by atoms with Gasteiger partial charge < -0.3 is 5.11 Å². The molecule has 86 valence electrons. The molecule has 0 atom stereocenters. The first-order valence-corrected chi connectivity index (χ1v) is 6.84. The van der Waals surface area contributed by atoms with Crippen molar-refractivity contribution >= 4 is 21.4 Å². The van der Waals surface area contributed by atoms with Gasteiger partial charge in [-0.25, -0.2) is 13.1 Å². The summed E-state index contributed by atoms with van der Waals surface area (Å²) in [6.07, 6.45) is 0. The fourth-order valence-corrected chi connectivity index (χ4v) is 3.86. The van der Waals surface area contributed by atoms with Gasteiger partial charge in [0.15, 0.2) is 0 Å². The number of nitrogens with one attached hydrogen (secondary N) is 1. The van der Waals surface area contributed by atoms with E-state index in [1.54, 1.807) is 26.2 Å². The van der Waals surface area contributed by atoms with Gasteiger partial charge in [-0.1, -0.05) is 0 Å². The topological polar surface area (TPSA) is 66.4 Å². The highest BCUT2D eigenvalue weighted by atomic mass is 32.2. The maximum absolute atomic E-state index is 11.9. The molecule has 0 radical (unpaired) electrons. The predicted molar refractivity (Wildman–Crippen MR) is 60.3 cm³/mol. The lowest BCUT2D eigenvalue weighted by Gasteiger charge is -2.20. The van der Waals surface area contributed by atoms with Crippen LogP contribution in [0.4, 0.5) is 0 Å². The normalized spacial score (nSPS) is 13.1. The molecule has 0 fully saturated rings. The van der Waals surface area contributed by atoms with Gasteiger partial charge in [-0.3, -0.25) is 0 Å². The van der Waals surface area contributed by atoms with Crippen LogP contribution >= 0.6 is 11.3 Å². The van der Waals surface area contributed by atoms with Crippen molar-refractivity contribution < 1.29 is 13.5 Å². The van der Waals surface area contributed by atoms with Crippen molar-refractivity contribution in [2.24, 2.45) is 0 Å². The molecule has 4 nitrogen and oxygen atoms in total. The number of hydrogen-bond acceptors (Lipinski definition) is 4. The standard InChI is InChI=1S/C9H15NO3S2/c1-9(2,3)10-15(12,13)8-4-5-14-7(8)6-11/h4-5,10-11H,6H2,1-3H3. The van der Waals surface area contributed by atoms with Gasteiger partial charge in [-0.05, 0) is 32.2 Å². The highest BCUT2D eigenvalue weighted by molar-refractivity contribution is 7.89. The molecule has 0 aliphatic carbocycles. The molecule has 1 rings (SSSR count). The van der Waals surface area contributed by atoms with E-state index in [9.17, 15) is 8.42 Å². The fourth-order valence-electron chi connectivity index (χ4n) is 1.14. The average molecular weight is 249 g/mol. The Morgan fingerprint density at radius 2 is 2.07 bits per heavy atom. The molecular formula is C9H15NO3S2. The van der Waals surface area contributed by atoms with Crippen molar-refractivity contribution in [1.82, 2.24) is 4.72 Å². The lowest BCUT2D eigenvalue weighted by Crippen LogP contribution is -2.40. The van der Waals surface area contributed by atoms with Crippen molar-refractivity contribution in [1.29, 1.82) is 0 Å². The minimum Gasteiger partial charge on any atom is -0.391 e. The van der Waals surface area contributed by atoms with E-state index in [-0.39, 0.29) is 11.5 Å². The first kappa shape index (κ1) is 12.6. The largest absolute Gasteiger partial charge is 0.391 e. The quantitative estimate of drug-likeness (QED) is 0.849. The smallest absolute Gasteiger partial charge is 0.242 e. The van der Waals surface area contributed by atoms with E-state index in [2.05, 4.69) is 4.72 Å². The van der Waals surface area contributed by atoms with Crippen LogP contribution in [0.5, 0.6) is 0 Å². The minimum absolute atomic E-state index is 0.171. The summed E-state index contributed by atoms with van der Waals surface area (Å²) < 4.78 is 26.3. The van der Waals surface area contributed by atoms with E-state index < -0.39 is 15.6 Å². The van der Waals surface area contributed by atoms with Gasteiger partial charge in [-0.15, -0.1) is 11.3 Å². The number of aliphatic hydroxyl groups excluding tert-OH is 1.